The minimum atomic E-state index is -0.732. The molecule has 0 aromatic rings. The van der Waals surface area contributed by atoms with E-state index < -0.39 is 11.6 Å². The minimum absolute atomic E-state index is 0.177. The maximum Gasteiger partial charge on any atom is 0.320 e. The summed E-state index contributed by atoms with van der Waals surface area (Å²) in [6.07, 6.45) is 3.67. The Kier molecular flexibility index (Phi) is 5.79. The van der Waals surface area contributed by atoms with E-state index in [0.29, 0.717) is 6.42 Å². The zero-order valence-corrected chi connectivity index (χ0v) is 12.1. The summed E-state index contributed by atoms with van der Waals surface area (Å²) in [7, 11) is 0. The van der Waals surface area contributed by atoms with Crippen LogP contribution >= 0.6 is 0 Å². The second-order valence-corrected chi connectivity index (χ2v) is 6.08. The summed E-state index contributed by atoms with van der Waals surface area (Å²) in [5, 5.41) is 9.04. The van der Waals surface area contributed by atoms with Crippen LogP contribution in [0.4, 0.5) is 0 Å². The summed E-state index contributed by atoms with van der Waals surface area (Å²) in [4.78, 5) is 24.5. The topological polar surface area (TPSA) is 66.8 Å². The van der Waals surface area contributed by atoms with Gasteiger partial charge in [0.25, 0.3) is 0 Å². The molecule has 0 aliphatic carbocycles. The van der Waals surface area contributed by atoms with Gasteiger partial charge in [-0.2, -0.15) is 0 Å². The minimum Gasteiger partial charge on any atom is -0.480 e. The van der Waals surface area contributed by atoms with Crippen LogP contribution in [-0.4, -0.2) is 46.7 Å². The van der Waals surface area contributed by atoms with Crippen molar-refractivity contribution in [3.63, 3.8) is 0 Å². The number of unbranched alkanes of at least 4 members (excludes halogenated alkanes) is 1. The van der Waals surface area contributed by atoms with Crippen LogP contribution in [0, 0.1) is 0 Å². The Labute approximate surface area is 114 Å². The van der Waals surface area contributed by atoms with Crippen molar-refractivity contribution in [1.29, 1.82) is 0 Å². The molecule has 5 nitrogen and oxygen atoms in total. The van der Waals surface area contributed by atoms with Gasteiger partial charge in [0.15, 0.2) is 0 Å². The Hall–Kier alpha value is -1.10. The number of carbonyl (C=O) groups is 2. The first-order valence-electron chi connectivity index (χ1n) is 6.98. The third kappa shape index (κ3) is 6.05. The third-order valence-electron chi connectivity index (χ3n) is 3.14. The van der Waals surface area contributed by atoms with E-state index in [4.69, 9.17) is 9.84 Å². The summed E-state index contributed by atoms with van der Waals surface area (Å²) in [6.45, 7) is 7.16. The molecule has 0 unspecified atom stereocenters. The second-order valence-electron chi connectivity index (χ2n) is 6.08. The fourth-order valence-electron chi connectivity index (χ4n) is 2.35. The van der Waals surface area contributed by atoms with E-state index in [2.05, 4.69) is 0 Å². The number of carboxylic acid groups (broad SMARTS) is 1. The van der Waals surface area contributed by atoms with Crippen molar-refractivity contribution in [3.8, 4) is 0 Å². The molecule has 19 heavy (non-hydrogen) atoms. The predicted molar refractivity (Wildman–Crippen MR) is 71.9 cm³/mol. The summed E-state index contributed by atoms with van der Waals surface area (Å²) >= 11 is 0. The lowest BCUT2D eigenvalue weighted by Crippen LogP contribution is -2.36. The molecule has 0 saturated carbocycles. The lowest BCUT2D eigenvalue weighted by molar-refractivity contribution is -0.155. The fourth-order valence-corrected chi connectivity index (χ4v) is 2.35. The van der Waals surface area contributed by atoms with Crippen molar-refractivity contribution < 1.29 is 19.4 Å². The van der Waals surface area contributed by atoms with Crippen molar-refractivity contribution in [3.05, 3.63) is 0 Å². The monoisotopic (exact) mass is 271 g/mol. The molecular formula is C14H25NO4. The van der Waals surface area contributed by atoms with Gasteiger partial charge in [0.1, 0.15) is 11.6 Å². The number of hydrogen-bond acceptors (Lipinski definition) is 4. The summed E-state index contributed by atoms with van der Waals surface area (Å²) < 4.78 is 5.22. The van der Waals surface area contributed by atoms with Crippen molar-refractivity contribution in [2.45, 2.75) is 64.5 Å². The van der Waals surface area contributed by atoms with Gasteiger partial charge in [-0.15, -0.1) is 0 Å². The van der Waals surface area contributed by atoms with E-state index in [0.717, 1.165) is 38.8 Å². The highest BCUT2D eigenvalue weighted by Crippen LogP contribution is 2.18. The second kappa shape index (κ2) is 6.89. The average molecular weight is 271 g/mol. The molecule has 0 aromatic heterocycles. The van der Waals surface area contributed by atoms with Crippen LogP contribution in [0.25, 0.3) is 0 Å². The SMILES string of the molecule is CC(C)(C)OC(=O)CCCCN1CCC[C@H]1C(=O)O. The first kappa shape index (κ1) is 16.0. The van der Waals surface area contributed by atoms with Gasteiger partial charge in [-0.05, 0) is 59.5 Å². The smallest absolute Gasteiger partial charge is 0.320 e. The summed E-state index contributed by atoms with van der Waals surface area (Å²) in [5.74, 6) is -0.909. The summed E-state index contributed by atoms with van der Waals surface area (Å²) in [6, 6.07) is -0.332. The number of rotatable bonds is 6. The van der Waals surface area contributed by atoms with Crippen LogP contribution in [0.15, 0.2) is 0 Å². The van der Waals surface area contributed by atoms with Crippen LogP contribution in [0.2, 0.25) is 0 Å². The molecule has 1 N–H and O–H groups in total. The number of nitrogens with zero attached hydrogens (tertiary/aromatic N) is 1. The van der Waals surface area contributed by atoms with Crippen LogP contribution in [0.3, 0.4) is 0 Å². The average Bonchev–Trinajstić information content (AvgIpc) is 2.70. The molecule has 0 bridgehead atoms. The van der Waals surface area contributed by atoms with Crippen molar-refractivity contribution in [1.82, 2.24) is 4.90 Å². The van der Waals surface area contributed by atoms with Gasteiger partial charge in [0.05, 0.1) is 0 Å². The van der Waals surface area contributed by atoms with Gasteiger partial charge < -0.3 is 9.84 Å². The van der Waals surface area contributed by atoms with E-state index in [1.165, 1.54) is 0 Å². The van der Waals surface area contributed by atoms with Gasteiger partial charge in [0, 0.05) is 6.42 Å². The van der Waals surface area contributed by atoms with Crippen LogP contribution in [0.1, 0.15) is 52.9 Å². The number of ether oxygens (including phenoxy) is 1. The molecule has 0 radical (unpaired) electrons. The fraction of sp³-hybridized carbons (Fsp3) is 0.857. The molecule has 1 saturated heterocycles. The molecule has 5 heteroatoms. The Morgan fingerprint density at radius 1 is 1.32 bits per heavy atom. The predicted octanol–water partition coefficient (Wildman–Crippen LogP) is 2.05. The van der Waals surface area contributed by atoms with Gasteiger partial charge in [-0.25, -0.2) is 0 Å². The molecule has 1 fully saturated rings. The first-order chi connectivity index (χ1) is 8.79. The largest absolute Gasteiger partial charge is 0.480 e. The normalized spacial score (nSPS) is 20.5. The van der Waals surface area contributed by atoms with Gasteiger partial charge in [-0.3, -0.25) is 14.5 Å². The molecule has 1 aliphatic rings. The Morgan fingerprint density at radius 2 is 2.00 bits per heavy atom. The number of hydrogen-bond donors (Lipinski definition) is 1. The van der Waals surface area contributed by atoms with Crippen LogP contribution in [-0.2, 0) is 14.3 Å². The first-order valence-corrected chi connectivity index (χ1v) is 6.98. The van der Waals surface area contributed by atoms with Gasteiger partial charge in [-0.1, -0.05) is 0 Å². The third-order valence-corrected chi connectivity index (χ3v) is 3.14. The summed E-state index contributed by atoms with van der Waals surface area (Å²) in [5.41, 5.74) is -0.430. The zero-order chi connectivity index (χ0) is 14.5. The van der Waals surface area contributed by atoms with Crippen LogP contribution in [0.5, 0.6) is 0 Å². The lowest BCUT2D eigenvalue weighted by Gasteiger charge is -2.21. The Morgan fingerprint density at radius 3 is 2.58 bits per heavy atom. The number of aliphatic carboxylic acids is 1. The Balaban J connectivity index is 2.17. The molecular weight excluding hydrogens is 246 g/mol. The molecule has 0 spiro atoms. The van der Waals surface area contributed by atoms with Crippen molar-refractivity contribution in [2.75, 3.05) is 13.1 Å². The molecule has 1 rings (SSSR count). The van der Waals surface area contributed by atoms with E-state index in [1.807, 2.05) is 25.7 Å². The van der Waals surface area contributed by atoms with Crippen molar-refractivity contribution in [2.24, 2.45) is 0 Å². The maximum atomic E-state index is 11.5. The molecule has 1 aliphatic heterocycles. The zero-order valence-electron chi connectivity index (χ0n) is 12.1. The molecule has 110 valence electrons. The number of carbonyl (C=O) groups excluding carboxylic acids is 1. The highest BCUT2D eigenvalue weighted by atomic mass is 16.6. The van der Waals surface area contributed by atoms with E-state index in [9.17, 15) is 9.59 Å². The van der Waals surface area contributed by atoms with Crippen molar-refractivity contribution >= 4 is 11.9 Å². The standard InChI is InChI=1S/C14H25NO4/c1-14(2,3)19-12(16)8-4-5-9-15-10-6-7-11(15)13(17)18/h11H,4-10H2,1-3H3,(H,17,18)/t11-/m0/s1. The highest BCUT2D eigenvalue weighted by molar-refractivity contribution is 5.73. The van der Waals surface area contributed by atoms with E-state index >= 15 is 0 Å². The number of esters is 1. The van der Waals surface area contributed by atoms with Gasteiger partial charge in [0.2, 0.25) is 0 Å². The van der Waals surface area contributed by atoms with E-state index in [1.54, 1.807) is 0 Å². The van der Waals surface area contributed by atoms with Gasteiger partial charge >= 0.3 is 11.9 Å². The number of likely N-dealkylation sites (tertiary alicyclic amines) is 1. The molecule has 1 heterocycles. The lowest BCUT2D eigenvalue weighted by atomic mass is 10.1. The molecule has 0 aromatic carbocycles. The van der Waals surface area contributed by atoms with E-state index in [-0.39, 0.29) is 12.0 Å². The quantitative estimate of drug-likeness (QED) is 0.591. The molecule has 0 amide bonds. The maximum absolute atomic E-state index is 11.5. The number of carboxylic acids is 1. The van der Waals surface area contributed by atoms with Crippen LogP contribution < -0.4 is 0 Å². The Bertz CT molecular complexity index is 322. The highest BCUT2D eigenvalue weighted by Gasteiger charge is 2.29. The molecule has 1 atom stereocenters.